The van der Waals surface area contributed by atoms with E-state index in [1.165, 1.54) is 10.6 Å². The normalized spacial score (nSPS) is 12.0. The highest BCUT2D eigenvalue weighted by Crippen LogP contribution is 2.31. The van der Waals surface area contributed by atoms with Crippen molar-refractivity contribution in [1.82, 2.24) is 4.98 Å². The van der Waals surface area contributed by atoms with E-state index >= 15 is 0 Å². The summed E-state index contributed by atoms with van der Waals surface area (Å²) in [4.78, 5) is 3.35. The molecule has 1 aromatic heterocycles. The van der Waals surface area contributed by atoms with Crippen molar-refractivity contribution in [3.63, 3.8) is 0 Å². The van der Waals surface area contributed by atoms with Crippen LogP contribution in [-0.2, 0) is 10.0 Å². The summed E-state index contributed by atoms with van der Waals surface area (Å²) in [6, 6.07) is 11.6. The molecule has 1 N–H and O–H groups in total. The summed E-state index contributed by atoms with van der Waals surface area (Å²) in [5.41, 5.74) is 2.54. The molecule has 0 unspecified atom stereocenters. The van der Waals surface area contributed by atoms with E-state index in [2.05, 4.69) is 20.9 Å². The number of ether oxygens (including phenoxy) is 1. The van der Waals surface area contributed by atoms with E-state index in [-0.39, 0.29) is 0 Å². The number of nitrogens with one attached hydrogen (secondary N) is 1. The number of anilines is 1. The minimum atomic E-state index is -3.29. The number of hydrogen-bond acceptors (Lipinski definition) is 3. The van der Waals surface area contributed by atoms with Crippen molar-refractivity contribution in [1.29, 1.82) is 0 Å². The van der Waals surface area contributed by atoms with E-state index in [1.54, 1.807) is 0 Å². The SMILES string of the molecule is CCN(c1ccc2c(c1)[nH]c1cc(OCCBr)ccc12)S(C)(=O)=O. The van der Waals surface area contributed by atoms with Crippen LogP contribution in [0.15, 0.2) is 36.4 Å². The number of benzene rings is 2. The van der Waals surface area contributed by atoms with Gasteiger partial charge >= 0.3 is 0 Å². The number of H-pyrrole nitrogens is 1. The number of alkyl halides is 1. The van der Waals surface area contributed by atoms with Crippen LogP contribution in [0.4, 0.5) is 5.69 Å². The average Bonchev–Trinajstić information content (AvgIpc) is 2.89. The molecule has 7 heteroatoms. The van der Waals surface area contributed by atoms with Gasteiger partial charge in [0.05, 0.1) is 24.1 Å². The van der Waals surface area contributed by atoms with Gasteiger partial charge in [0.2, 0.25) is 10.0 Å². The standard InChI is InChI=1S/C17H19BrN2O3S/c1-3-20(24(2,21)22)12-4-6-14-15-7-5-13(23-9-8-18)11-17(15)19-16(14)10-12/h4-7,10-11,19H,3,8-9H2,1-2H3. The molecule has 2 aromatic carbocycles. The van der Waals surface area contributed by atoms with E-state index in [1.807, 2.05) is 43.3 Å². The Balaban J connectivity index is 2.08. The lowest BCUT2D eigenvalue weighted by atomic mass is 10.1. The van der Waals surface area contributed by atoms with E-state index in [4.69, 9.17) is 4.74 Å². The lowest BCUT2D eigenvalue weighted by Crippen LogP contribution is -2.29. The van der Waals surface area contributed by atoms with Gasteiger partial charge < -0.3 is 9.72 Å². The summed E-state index contributed by atoms with van der Waals surface area (Å²) in [7, 11) is -3.29. The number of sulfonamides is 1. The molecule has 24 heavy (non-hydrogen) atoms. The lowest BCUT2D eigenvalue weighted by Gasteiger charge is -2.20. The molecule has 0 aliphatic carbocycles. The first-order valence-corrected chi connectivity index (χ1v) is 10.6. The molecule has 3 aromatic rings. The van der Waals surface area contributed by atoms with Gasteiger partial charge in [0.15, 0.2) is 0 Å². The summed E-state index contributed by atoms with van der Waals surface area (Å²) < 4.78 is 30.8. The highest BCUT2D eigenvalue weighted by Gasteiger charge is 2.16. The molecule has 0 aliphatic rings. The Hall–Kier alpha value is -1.73. The second kappa shape index (κ2) is 6.64. The predicted octanol–water partition coefficient (Wildman–Crippen LogP) is 3.88. The molecule has 0 saturated heterocycles. The zero-order valence-electron chi connectivity index (χ0n) is 13.5. The first kappa shape index (κ1) is 17.1. The largest absolute Gasteiger partial charge is 0.493 e. The molecular formula is C17H19BrN2O3S. The topological polar surface area (TPSA) is 62.4 Å². The van der Waals surface area contributed by atoms with Gasteiger partial charge in [-0.05, 0) is 31.2 Å². The highest BCUT2D eigenvalue weighted by atomic mass is 79.9. The Bertz CT molecular complexity index is 982. The van der Waals surface area contributed by atoms with Crippen LogP contribution in [-0.4, -0.2) is 38.1 Å². The zero-order valence-corrected chi connectivity index (χ0v) is 15.9. The molecule has 0 radical (unpaired) electrons. The number of aromatic amines is 1. The number of rotatable bonds is 6. The Labute approximate surface area is 149 Å². The minimum absolute atomic E-state index is 0.398. The smallest absolute Gasteiger partial charge is 0.232 e. The van der Waals surface area contributed by atoms with Crippen LogP contribution in [0.25, 0.3) is 21.8 Å². The summed E-state index contributed by atoms with van der Waals surface area (Å²) in [5, 5.41) is 2.93. The highest BCUT2D eigenvalue weighted by molar-refractivity contribution is 9.09. The molecular weight excluding hydrogens is 392 g/mol. The molecule has 0 amide bonds. The van der Waals surface area contributed by atoms with Crippen LogP contribution >= 0.6 is 15.9 Å². The molecule has 0 saturated carbocycles. The molecule has 0 fully saturated rings. The molecule has 1 heterocycles. The van der Waals surface area contributed by atoms with Gasteiger partial charge in [-0.2, -0.15) is 0 Å². The van der Waals surface area contributed by atoms with E-state index in [0.29, 0.717) is 18.8 Å². The van der Waals surface area contributed by atoms with Crippen molar-refractivity contribution in [3.8, 4) is 5.75 Å². The van der Waals surface area contributed by atoms with Gasteiger partial charge in [-0.3, -0.25) is 4.31 Å². The van der Waals surface area contributed by atoms with Crippen LogP contribution in [0.3, 0.4) is 0 Å². The fourth-order valence-electron chi connectivity index (χ4n) is 2.89. The quantitative estimate of drug-likeness (QED) is 0.627. The van der Waals surface area contributed by atoms with Gasteiger partial charge in [-0.15, -0.1) is 0 Å². The fourth-order valence-corrected chi connectivity index (χ4v) is 4.01. The minimum Gasteiger partial charge on any atom is -0.493 e. The second-order valence-corrected chi connectivity index (χ2v) is 8.23. The van der Waals surface area contributed by atoms with Crippen LogP contribution < -0.4 is 9.04 Å². The van der Waals surface area contributed by atoms with Crippen LogP contribution in [0.2, 0.25) is 0 Å². The van der Waals surface area contributed by atoms with Crippen LogP contribution in [0, 0.1) is 0 Å². The first-order chi connectivity index (χ1) is 11.4. The van der Waals surface area contributed by atoms with E-state index in [0.717, 1.165) is 32.9 Å². The van der Waals surface area contributed by atoms with Gasteiger partial charge in [0, 0.05) is 34.2 Å². The molecule has 0 spiro atoms. The Kier molecular flexibility index (Phi) is 4.73. The molecule has 0 aliphatic heterocycles. The summed E-state index contributed by atoms with van der Waals surface area (Å²) >= 11 is 3.34. The van der Waals surface area contributed by atoms with Crippen molar-refractivity contribution in [2.45, 2.75) is 6.92 Å². The monoisotopic (exact) mass is 410 g/mol. The maximum Gasteiger partial charge on any atom is 0.232 e. The molecule has 0 bridgehead atoms. The lowest BCUT2D eigenvalue weighted by molar-refractivity contribution is 0.345. The third-order valence-electron chi connectivity index (χ3n) is 3.88. The third kappa shape index (κ3) is 3.23. The predicted molar refractivity (Wildman–Crippen MR) is 103 cm³/mol. The average molecular weight is 411 g/mol. The van der Waals surface area contributed by atoms with Gasteiger partial charge in [-0.1, -0.05) is 22.0 Å². The first-order valence-electron chi connectivity index (χ1n) is 7.66. The Morgan fingerprint density at radius 1 is 1.12 bits per heavy atom. The number of nitrogens with zero attached hydrogens (tertiary/aromatic N) is 1. The Morgan fingerprint density at radius 3 is 2.42 bits per heavy atom. The van der Waals surface area contributed by atoms with Crippen LogP contribution in [0.5, 0.6) is 5.75 Å². The number of fused-ring (bicyclic) bond motifs is 3. The van der Waals surface area contributed by atoms with Crippen molar-refractivity contribution in [2.24, 2.45) is 0 Å². The number of halogens is 1. The Morgan fingerprint density at radius 2 is 1.79 bits per heavy atom. The zero-order chi connectivity index (χ0) is 17.3. The van der Waals surface area contributed by atoms with Crippen LogP contribution in [0.1, 0.15) is 6.92 Å². The number of hydrogen-bond donors (Lipinski definition) is 1. The molecule has 0 atom stereocenters. The van der Waals surface area contributed by atoms with Crippen molar-refractivity contribution >= 4 is 53.4 Å². The second-order valence-electron chi connectivity index (χ2n) is 5.53. The van der Waals surface area contributed by atoms with Crippen molar-refractivity contribution in [2.75, 3.05) is 29.0 Å². The summed E-state index contributed by atoms with van der Waals surface area (Å²) in [6.45, 7) is 2.83. The molecule has 128 valence electrons. The van der Waals surface area contributed by atoms with E-state index < -0.39 is 10.0 Å². The van der Waals surface area contributed by atoms with Crippen molar-refractivity contribution < 1.29 is 13.2 Å². The van der Waals surface area contributed by atoms with Gasteiger partial charge in [0.1, 0.15) is 5.75 Å². The van der Waals surface area contributed by atoms with E-state index in [9.17, 15) is 8.42 Å². The summed E-state index contributed by atoms with van der Waals surface area (Å²) in [6.07, 6.45) is 1.22. The maximum atomic E-state index is 11.9. The molecule has 3 rings (SSSR count). The molecule has 5 nitrogen and oxygen atoms in total. The number of aromatic nitrogens is 1. The van der Waals surface area contributed by atoms with Crippen molar-refractivity contribution in [3.05, 3.63) is 36.4 Å². The fraction of sp³-hybridized carbons (Fsp3) is 0.294. The van der Waals surface area contributed by atoms with Gasteiger partial charge in [-0.25, -0.2) is 8.42 Å². The summed E-state index contributed by atoms with van der Waals surface area (Å²) in [5.74, 6) is 0.806. The third-order valence-corrected chi connectivity index (χ3v) is 5.47. The van der Waals surface area contributed by atoms with Gasteiger partial charge in [0.25, 0.3) is 0 Å². The maximum absolute atomic E-state index is 11.9.